The van der Waals surface area contributed by atoms with Crippen LogP contribution in [0.15, 0.2) is 23.7 Å². The van der Waals surface area contributed by atoms with Gasteiger partial charge < -0.3 is 5.11 Å². The highest BCUT2D eigenvalue weighted by Crippen LogP contribution is 2.26. The van der Waals surface area contributed by atoms with Crippen LogP contribution >= 0.6 is 11.3 Å². The summed E-state index contributed by atoms with van der Waals surface area (Å²) in [6.07, 6.45) is -1.33. The van der Waals surface area contributed by atoms with E-state index in [1.54, 1.807) is 11.3 Å². The molecule has 0 saturated carbocycles. The third kappa shape index (κ3) is 7.38. The molecule has 168 valence electrons. The van der Waals surface area contributed by atoms with Crippen LogP contribution in [0.5, 0.6) is 0 Å². The van der Waals surface area contributed by atoms with E-state index in [9.17, 15) is 21.6 Å². The van der Waals surface area contributed by atoms with E-state index in [-0.39, 0.29) is 6.04 Å². The molecule has 2 N–H and O–H groups in total. The van der Waals surface area contributed by atoms with Crippen molar-refractivity contribution in [1.29, 1.82) is 0 Å². The van der Waals surface area contributed by atoms with Crippen molar-refractivity contribution in [3.05, 3.63) is 39.8 Å². The number of aryl methyl sites for hydroxylation is 1. The lowest BCUT2D eigenvalue weighted by Gasteiger charge is -2.34. The number of carboxylic acids is 1. The van der Waals surface area contributed by atoms with Gasteiger partial charge in [0, 0.05) is 37.3 Å². The van der Waals surface area contributed by atoms with Gasteiger partial charge in [0.15, 0.2) is 0 Å². The summed E-state index contributed by atoms with van der Waals surface area (Å²) in [5.41, 5.74) is 2.53. The molecule has 13 heteroatoms. The fourth-order valence-corrected chi connectivity index (χ4v) is 4.41. The summed E-state index contributed by atoms with van der Waals surface area (Å²) in [6.45, 7) is 5.29. The van der Waals surface area contributed by atoms with E-state index in [0.717, 1.165) is 26.1 Å². The fraction of sp³-hybridized carbons (Fsp3) is 0.529. The van der Waals surface area contributed by atoms with E-state index in [0.29, 0.717) is 6.54 Å². The second-order valence-electron chi connectivity index (χ2n) is 6.88. The van der Waals surface area contributed by atoms with Crippen molar-refractivity contribution in [2.75, 3.05) is 19.3 Å². The Morgan fingerprint density at radius 3 is 2.60 bits per heavy atom. The minimum absolute atomic E-state index is 0.197. The summed E-state index contributed by atoms with van der Waals surface area (Å²) in [7, 11) is -3.14. The summed E-state index contributed by atoms with van der Waals surface area (Å²) in [6, 6.07) is 4.40. The Balaban J connectivity index is 0.000000396. The largest absolute Gasteiger partial charge is 0.490 e. The predicted octanol–water partition coefficient (Wildman–Crippen LogP) is 2.38. The zero-order valence-electron chi connectivity index (χ0n) is 16.4. The van der Waals surface area contributed by atoms with Gasteiger partial charge in [-0.15, -0.1) is 11.3 Å². The molecule has 0 saturated heterocycles. The van der Waals surface area contributed by atoms with Crippen molar-refractivity contribution >= 4 is 27.3 Å². The SMILES string of the molecule is Cc1ccsc1CN1Cc2ccnn2C(CCNS(C)(=O)=O)C1.O=C(O)C(F)(F)F. The molecule has 0 fully saturated rings. The molecular formula is C17H23F3N4O4S2. The highest BCUT2D eigenvalue weighted by molar-refractivity contribution is 7.88. The molecule has 1 aliphatic heterocycles. The minimum atomic E-state index is -5.08. The molecule has 0 aromatic carbocycles. The first kappa shape index (κ1) is 24.3. The van der Waals surface area contributed by atoms with Crippen LogP contribution in [0, 0.1) is 6.92 Å². The second-order valence-corrected chi connectivity index (χ2v) is 9.71. The predicted molar refractivity (Wildman–Crippen MR) is 106 cm³/mol. The summed E-state index contributed by atoms with van der Waals surface area (Å²) < 4.78 is 58.8. The third-order valence-corrected chi connectivity index (χ3v) is 6.11. The van der Waals surface area contributed by atoms with Gasteiger partial charge in [0.25, 0.3) is 0 Å². The van der Waals surface area contributed by atoms with E-state index >= 15 is 0 Å². The number of hydrogen-bond acceptors (Lipinski definition) is 6. The van der Waals surface area contributed by atoms with Crippen LogP contribution in [0.25, 0.3) is 0 Å². The van der Waals surface area contributed by atoms with E-state index in [4.69, 9.17) is 9.90 Å². The molecule has 0 spiro atoms. The second kappa shape index (κ2) is 9.90. The normalized spacial score (nSPS) is 17.2. The van der Waals surface area contributed by atoms with Crippen molar-refractivity contribution in [2.24, 2.45) is 0 Å². The Kier molecular flexibility index (Phi) is 8.02. The number of rotatable bonds is 6. The molecule has 30 heavy (non-hydrogen) atoms. The van der Waals surface area contributed by atoms with Crippen LogP contribution in [-0.4, -0.2) is 59.7 Å². The van der Waals surface area contributed by atoms with Crippen molar-refractivity contribution in [1.82, 2.24) is 19.4 Å². The maximum atomic E-state index is 11.2. The summed E-state index contributed by atoms with van der Waals surface area (Å²) >= 11 is 1.79. The molecule has 3 heterocycles. The lowest BCUT2D eigenvalue weighted by Crippen LogP contribution is -2.38. The topological polar surface area (TPSA) is 105 Å². The number of nitrogens with one attached hydrogen (secondary N) is 1. The van der Waals surface area contributed by atoms with Gasteiger partial charge in [0.05, 0.1) is 18.0 Å². The fourth-order valence-electron chi connectivity index (χ4n) is 2.98. The maximum Gasteiger partial charge on any atom is 0.490 e. The van der Waals surface area contributed by atoms with Crippen LogP contribution in [0.1, 0.15) is 28.6 Å². The number of fused-ring (bicyclic) bond motifs is 1. The first-order valence-electron chi connectivity index (χ1n) is 8.89. The molecule has 0 aliphatic carbocycles. The van der Waals surface area contributed by atoms with Crippen molar-refractivity contribution < 1.29 is 31.5 Å². The number of aliphatic carboxylic acids is 1. The smallest absolute Gasteiger partial charge is 0.475 e. The molecule has 3 rings (SSSR count). The van der Waals surface area contributed by atoms with Crippen LogP contribution < -0.4 is 4.72 Å². The molecule has 0 bridgehead atoms. The van der Waals surface area contributed by atoms with Gasteiger partial charge in [-0.2, -0.15) is 18.3 Å². The van der Waals surface area contributed by atoms with Gasteiger partial charge in [0.2, 0.25) is 10.0 Å². The first-order valence-corrected chi connectivity index (χ1v) is 11.7. The van der Waals surface area contributed by atoms with Gasteiger partial charge in [-0.3, -0.25) is 9.58 Å². The van der Waals surface area contributed by atoms with Crippen molar-refractivity contribution in [3.8, 4) is 0 Å². The van der Waals surface area contributed by atoms with E-state index in [1.807, 2.05) is 16.9 Å². The molecule has 0 radical (unpaired) electrons. The van der Waals surface area contributed by atoms with Crippen LogP contribution in [0.2, 0.25) is 0 Å². The molecule has 8 nitrogen and oxygen atoms in total. The average Bonchev–Trinajstić information content (AvgIpc) is 3.23. The lowest BCUT2D eigenvalue weighted by atomic mass is 10.1. The van der Waals surface area contributed by atoms with Gasteiger partial charge in [-0.25, -0.2) is 17.9 Å². The molecule has 0 amide bonds. The Morgan fingerprint density at radius 2 is 2.07 bits per heavy atom. The van der Waals surface area contributed by atoms with Gasteiger partial charge >= 0.3 is 12.1 Å². The number of thiophene rings is 1. The Hall–Kier alpha value is -1.96. The average molecular weight is 469 g/mol. The number of carbonyl (C=O) groups is 1. The molecular weight excluding hydrogens is 445 g/mol. The monoisotopic (exact) mass is 468 g/mol. The number of nitrogens with zero attached hydrogens (tertiary/aromatic N) is 3. The van der Waals surface area contributed by atoms with E-state index < -0.39 is 22.2 Å². The van der Waals surface area contributed by atoms with Crippen molar-refractivity contribution in [2.45, 2.75) is 38.7 Å². The number of sulfonamides is 1. The zero-order valence-corrected chi connectivity index (χ0v) is 18.0. The number of alkyl halides is 3. The number of carboxylic acid groups (broad SMARTS) is 1. The molecule has 2 aromatic heterocycles. The lowest BCUT2D eigenvalue weighted by molar-refractivity contribution is -0.192. The van der Waals surface area contributed by atoms with E-state index in [2.05, 4.69) is 33.1 Å². The number of hydrogen-bond donors (Lipinski definition) is 2. The van der Waals surface area contributed by atoms with Crippen molar-refractivity contribution in [3.63, 3.8) is 0 Å². The van der Waals surface area contributed by atoms with Gasteiger partial charge in [0.1, 0.15) is 0 Å². The Morgan fingerprint density at radius 1 is 1.40 bits per heavy atom. The van der Waals surface area contributed by atoms with E-state index in [1.165, 1.54) is 22.4 Å². The molecule has 1 atom stereocenters. The Labute approximate surface area is 176 Å². The maximum absolute atomic E-state index is 11.2. The van der Waals surface area contributed by atoms with Crippen LogP contribution in [-0.2, 0) is 27.9 Å². The summed E-state index contributed by atoms with van der Waals surface area (Å²) in [5, 5.41) is 13.7. The summed E-state index contributed by atoms with van der Waals surface area (Å²) in [4.78, 5) is 12.7. The quantitative estimate of drug-likeness (QED) is 0.675. The van der Waals surface area contributed by atoms with Crippen LogP contribution in [0.3, 0.4) is 0 Å². The molecule has 1 unspecified atom stereocenters. The third-order valence-electron chi connectivity index (χ3n) is 4.37. The molecule has 1 aliphatic rings. The van der Waals surface area contributed by atoms with Gasteiger partial charge in [-0.05, 0) is 36.4 Å². The molecule has 2 aromatic rings. The summed E-state index contributed by atoms with van der Waals surface area (Å²) in [5.74, 6) is -2.76. The number of halogens is 3. The minimum Gasteiger partial charge on any atom is -0.475 e. The number of aromatic nitrogens is 2. The first-order chi connectivity index (χ1) is 13.9. The zero-order chi connectivity index (χ0) is 22.5. The standard InChI is InChI=1S/C15H22N4O2S2.C2HF3O2/c1-12-5-8-22-15(12)11-18-9-13-3-6-16-19(13)14(10-18)4-7-17-23(2,20)21;3-2(4,5)1(6)7/h3,5-6,8,14,17H,4,7,9-11H2,1-2H3;(H,6,7). The highest BCUT2D eigenvalue weighted by atomic mass is 32.2. The van der Waals surface area contributed by atoms with Gasteiger partial charge in [-0.1, -0.05) is 0 Å². The van der Waals surface area contributed by atoms with Crippen LogP contribution in [0.4, 0.5) is 13.2 Å². The highest BCUT2D eigenvalue weighted by Gasteiger charge is 2.38. The Bertz CT molecular complexity index is 956.